The summed E-state index contributed by atoms with van der Waals surface area (Å²) in [6, 6.07) is 7.55. The minimum atomic E-state index is -0.234. The molecular formula is C22H24N8O2S. The summed E-state index contributed by atoms with van der Waals surface area (Å²) in [6.45, 7) is 1.83. The Hall–Kier alpha value is -3.44. The molecule has 170 valence electrons. The van der Waals surface area contributed by atoms with Crippen LogP contribution in [-0.4, -0.2) is 47.4 Å². The van der Waals surface area contributed by atoms with E-state index in [4.69, 9.17) is 0 Å². The molecule has 33 heavy (non-hydrogen) atoms. The molecule has 4 aromatic heterocycles. The van der Waals surface area contributed by atoms with Crippen LogP contribution in [0.4, 0.5) is 16.9 Å². The quantitative estimate of drug-likeness (QED) is 0.339. The third kappa shape index (κ3) is 5.15. The lowest BCUT2D eigenvalue weighted by molar-refractivity contribution is 0.126. The van der Waals surface area contributed by atoms with Gasteiger partial charge in [-0.1, -0.05) is 11.3 Å². The average molecular weight is 465 g/mol. The fourth-order valence-electron chi connectivity index (χ4n) is 3.94. The number of aromatic nitrogens is 6. The van der Waals surface area contributed by atoms with E-state index < -0.39 is 0 Å². The van der Waals surface area contributed by atoms with Gasteiger partial charge in [0.05, 0.1) is 17.5 Å². The minimum absolute atomic E-state index is 0.190. The average Bonchev–Trinajstić information content (AvgIpc) is 3.20. The molecule has 0 atom stereocenters. The molecule has 0 saturated heterocycles. The van der Waals surface area contributed by atoms with Gasteiger partial charge in [0.15, 0.2) is 5.13 Å². The third-order valence-electron chi connectivity index (χ3n) is 5.59. The van der Waals surface area contributed by atoms with Gasteiger partial charge < -0.3 is 15.7 Å². The maximum absolute atomic E-state index is 12.3. The number of fused-ring (bicyclic) bond motifs is 1. The van der Waals surface area contributed by atoms with Crippen molar-refractivity contribution < 1.29 is 5.11 Å². The number of rotatable bonds is 6. The maximum atomic E-state index is 12.3. The Morgan fingerprint density at radius 1 is 1.18 bits per heavy atom. The highest BCUT2D eigenvalue weighted by atomic mass is 32.1. The Morgan fingerprint density at radius 2 is 2.03 bits per heavy atom. The highest BCUT2D eigenvalue weighted by Gasteiger charge is 2.20. The van der Waals surface area contributed by atoms with Crippen LogP contribution in [0.2, 0.25) is 0 Å². The molecule has 0 spiro atoms. The van der Waals surface area contributed by atoms with E-state index in [0.29, 0.717) is 34.6 Å². The summed E-state index contributed by atoms with van der Waals surface area (Å²) in [5, 5.41) is 23.6. The van der Waals surface area contributed by atoms with Crippen molar-refractivity contribution in [3.8, 4) is 0 Å². The van der Waals surface area contributed by atoms with Crippen molar-refractivity contribution in [2.75, 3.05) is 10.6 Å². The molecule has 0 bridgehead atoms. The number of pyridine rings is 1. The predicted molar refractivity (Wildman–Crippen MR) is 127 cm³/mol. The number of anilines is 3. The number of aliphatic hydroxyl groups is 1. The van der Waals surface area contributed by atoms with Crippen molar-refractivity contribution >= 4 is 38.6 Å². The molecule has 0 aromatic carbocycles. The first kappa shape index (κ1) is 21.4. The standard InChI is InChI=1S/C22H24N8O2S/c1-12-9-13(19(32)30-29-12)10-15-11-18(28-22-26-17-3-2-8-23-20(17)33-22)27-21(25-15)24-14-4-6-16(31)7-5-14/h2-3,8-9,11,14,16,31H,4-7,10H2,1H3,(H,30,32)(H2,24,25,26,27,28). The number of thiazole rings is 1. The van der Waals surface area contributed by atoms with Gasteiger partial charge in [-0.25, -0.2) is 20.1 Å². The second-order valence-corrected chi connectivity index (χ2v) is 9.21. The summed E-state index contributed by atoms with van der Waals surface area (Å²) in [4.78, 5) is 31.3. The first-order valence-corrected chi connectivity index (χ1v) is 11.7. The molecule has 1 saturated carbocycles. The van der Waals surface area contributed by atoms with Crippen LogP contribution in [0.1, 0.15) is 42.6 Å². The lowest BCUT2D eigenvalue weighted by atomic mass is 9.93. The van der Waals surface area contributed by atoms with Crippen LogP contribution in [0, 0.1) is 6.92 Å². The number of H-pyrrole nitrogens is 1. The SMILES string of the molecule is Cc1cc(Cc2cc(Nc3nc4cccnc4s3)nc(NC3CCC(O)CC3)n2)c(=O)[nH]n1. The summed E-state index contributed by atoms with van der Waals surface area (Å²) >= 11 is 1.44. The molecule has 0 unspecified atom stereocenters. The van der Waals surface area contributed by atoms with Crippen LogP contribution in [0.3, 0.4) is 0 Å². The third-order valence-corrected chi connectivity index (χ3v) is 6.49. The molecular weight excluding hydrogens is 440 g/mol. The smallest absolute Gasteiger partial charge is 0.267 e. The Morgan fingerprint density at radius 3 is 2.85 bits per heavy atom. The molecule has 4 N–H and O–H groups in total. The second-order valence-electron chi connectivity index (χ2n) is 8.23. The van der Waals surface area contributed by atoms with Gasteiger partial charge in [0.2, 0.25) is 5.95 Å². The van der Waals surface area contributed by atoms with Gasteiger partial charge in [0, 0.05) is 30.3 Å². The van der Waals surface area contributed by atoms with E-state index in [1.54, 1.807) is 12.3 Å². The van der Waals surface area contributed by atoms with Gasteiger partial charge in [-0.15, -0.1) is 0 Å². The first-order chi connectivity index (χ1) is 16.0. The van der Waals surface area contributed by atoms with Crippen molar-refractivity contribution in [2.24, 2.45) is 0 Å². The summed E-state index contributed by atoms with van der Waals surface area (Å²) in [5.41, 5.74) is 2.60. The van der Waals surface area contributed by atoms with Crippen LogP contribution in [0.25, 0.3) is 10.3 Å². The van der Waals surface area contributed by atoms with E-state index >= 15 is 0 Å². The normalized spacial score (nSPS) is 18.4. The fourth-order valence-corrected chi connectivity index (χ4v) is 4.75. The number of aromatic amines is 1. The molecule has 4 aromatic rings. The predicted octanol–water partition coefficient (Wildman–Crippen LogP) is 2.92. The van der Waals surface area contributed by atoms with Crippen molar-refractivity contribution in [3.05, 3.63) is 57.8 Å². The Balaban J connectivity index is 1.45. The zero-order chi connectivity index (χ0) is 22.8. The monoisotopic (exact) mass is 464 g/mol. The van der Waals surface area contributed by atoms with Gasteiger partial charge >= 0.3 is 0 Å². The maximum Gasteiger partial charge on any atom is 0.267 e. The van der Waals surface area contributed by atoms with Crippen molar-refractivity contribution in [1.82, 2.24) is 30.1 Å². The molecule has 0 amide bonds. The minimum Gasteiger partial charge on any atom is -0.393 e. The zero-order valence-corrected chi connectivity index (χ0v) is 18.9. The van der Waals surface area contributed by atoms with Gasteiger partial charge in [-0.05, 0) is 50.8 Å². The number of aliphatic hydroxyl groups excluding tert-OH is 1. The highest BCUT2D eigenvalue weighted by molar-refractivity contribution is 7.21. The lowest BCUT2D eigenvalue weighted by Crippen LogP contribution is -2.29. The molecule has 0 aliphatic heterocycles. The van der Waals surface area contributed by atoms with E-state index in [1.165, 1.54) is 11.3 Å². The van der Waals surface area contributed by atoms with Gasteiger partial charge in [0.1, 0.15) is 16.2 Å². The van der Waals surface area contributed by atoms with Crippen molar-refractivity contribution in [2.45, 2.75) is 51.2 Å². The van der Waals surface area contributed by atoms with Crippen LogP contribution < -0.4 is 16.2 Å². The van der Waals surface area contributed by atoms with Crippen LogP contribution >= 0.6 is 11.3 Å². The van der Waals surface area contributed by atoms with Crippen LogP contribution in [0.15, 0.2) is 35.3 Å². The lowest BCUT2D eigenvalue weighted by Gasteiger charge is -2.26. The van der Waals surface area contributed by atoms with Crippen LogP contribution in [-0.2, 0) is 6.42 Å². The highest BCUT2D eigenvalue weighted by Crippen LogP contribution is 2.27. The van der Waals surface area contributed by atoms with Crippen molar-refractivity contribution in [3.63, 3.8) is 0 Å². The number of aryl methyl sites for hydroxylation is 1. The van der Waals surface area contributed by atoms with E-state index in [-0.39, 0.29) is 17.7 Å². The summed E-state index contributed by atoms with van der Waals surface area (Å²) in [6.07, 6.45) is 5.07. The Bertz CT molecular complexity index is 1300. The fraction of sp³-hybridized carbons (Fsp3) is 0.364. The van der Waals surface area contributed by atoms with Crippen molar-refractivity contribution in [1.29, 1.82) is 0 Å². The summed E-state index contributed by atoms with van der Waals surface area (Å²) < 4.78 is 0. The molecule has 10 nitrogen and oxygen atoms in total. The molecule has 0 radical (unpaired) electrons. The van der Waals surface area contributed by atoms with Crippen LogP contribution in [0.5, 0.6) is 0 Å². The number of nitrogens with zero attached hydrogens (tertiary/aromatic N) is 5. The molecule has 11 heteroatoms. The second kappa shape index (κ2) is 9.20. The number of hydrogen-bond acceptors (Lipinski definition) is 10. The van der Waals surface area contributed by atoms with Gasteiger partial charge in [0.25, 0.3) is 5.56 Å². The Labute approximate surface area is 193 Å². The zero-order valence-electron chi connectivity index (χ0n) is 18.1. The number of nitrogens with one attached hydrogen (secondary N) is 3. The number of hydrogen-bond donors (Lipinski definition) is 4. The molecule has 1 fully saturated rings. The van der Waals surface area contributed by atoms with E-state index in [2.05, 4.69) is 40.8 Å². The van der Waals surface area contributed by atoms with Gasteiger partial charge in [-0.3, -0.25) is 4.79 Å². The van der Waals surface area contributed by atoms with E-state index in [9.17, 15) is 9.90 Å². The molecule has 1 aliphatic carbocycles. The largest absolute Gasteiger partial charge is 0.393 e. The summed E-state index contributed by atoms with van der Waals surface area (Å²) in [7, 11) is 0. The van der Waals surface area contributed by atoms with E-state index in [0.717, 1.165) is 41.7 Å². The van der Waals surface area contributed by atoms with E-state index in [1.807, 2.05) is 25.1 Å². The molecule has 1 aliphatic rings. The van der Waals surface area contributed by atoms with Gasteiger partial charge in [-0.2, -0.15) is 10.1 Å². The molecule has 5 rings (SSSR count). The topological polar surface area (TPSA) is 142 Å². The summed E-state index contributed by atoms with van der Waals surface area (Å²) in [5.74, 6) is 1.07. The first-order valence-electron chi connectivity index (χ1n) is 10.9. The molecule has 4 heterocycles. The Kier molecular flexibility index (Phi) is 5.97.